The molecule has 1 aromatic rings. The Labute approximate surface area is 114 Å². The second kappa shape index (κ2) is 6.12. The number of amides is 1. The summed E-state index contributed by atoms with van der Waals surface area (Å²) in [5, 5.41) is 0. The van der Waals surface area contributed by atoms with Crippen LogP contribution in [-0.2, 0) is 9.53 Å². The predicted octanol–water partition coefficient (Wildman–Crippen LogP) is 0.852. The Bertz CT molecular complexity index is 431. The topological polar surface area (TPSA) is 45.7 Å². The lowest BCUT2D eigenvalue weighted by atomic mass is 10.1. The number of aromatic nitrogens is 1. The van der Waals surface area contributed by atoms with E-state index in [2.05, 4.69) is 9.88 Å². The van der Waals surface area contributed by atoms with Crippen molar-refractivity contribution in [1.82, 2.24) is 14.8 Å². The highest BCUT2D eigenvalue weighted by atomic mass is 16.5. The average molecular weight is 263 g/mol. The van der Waals surface area contributed by atoms with E-state index in [1.54, 1.807) is 19.0 Å². The van der Waals surface area contributed by atoms with Crippen molar-refractivity contribution in [3.63, 3.8) is 0 Å². The van der Waals surface area contributed by atoms with Crippen molar-refractivity contribution >= 4 is 5.91 Å². The van der Waals surface area contributed by atoms with Crippen LogP contribution in [0.25, 0.3) is 0 Å². The third-order valence-corrected chi connectivity index (χ3v) is 3.27. The summed E-state index contributed by atoms with van der Waals surface area (Å²) in [4.78, 5) is 19.9. The summed E-state index contributed by atoms with van der Waals surface area (Å²) in [6, 6.07) is 4.03. The van der Waals surface area contributed by atoms with E-state index >= 15 is 0 Å². The minimum absolute atomic E-state index is 0.0377. The number of hydrogen-bond donors (Lipinski definition) is 0. The molecular formula is C14H21N3O2. The van der Waals surface area contributed by atoms with Crippen molar-refractivity contribution in [3.05, 3.63) is 29.6 Å². The van der Waals surface area contributed by atoms with E-state index in [0.29, 0.717) is 13.2 Å². The zero-order chi connectivity index (χ0) is 13.8. The van der Waals surface area contributed by atoms with Gasteiger partial charge in [0.2, 0.25) is 5.91 Å². The van der Waals surface area contributed by atoms with Crippen LogP contribution in [0.5, 0.6) is 0 Å². The first-order valence-electron chi connectivity index (χ1n) is 6.53. The highest BCUT2D eigenvalue weighted by Crippen LogP contribution is 2.20. The summed E-state index contributed by atoms with van der Waals surface area (Å²) in [5.74, 6) is 0.123. The van der Waals surface area contributed by atoms with Crippen LogP contribution in [0, 0.1) is 6.92 Å². The molecule has 104 valence electrons. The molecule has 0 bridgehead atoms. The number of ether oxygens (including phenoxy) is 1. The molecule has 1 atom stereocenters. The second-order valence-electron chi connectivity index (χ2n) is 5.14. The van der Waals surface area contributed by atoms with Crippen LogP contribution >= 0.6 is 0 Å². The van der Waals surface area contributed by atoms with Crippen molar-refractivity contribution in [2.24, 2.45) is 0 Å². The molecule has 1 saturated heterocycles. The fraction of sp³-hybridized carbons (Fsp3) is 0.571. The molecule has 0 aliphatic carbocycles. The summed E-state index contributed by atoms with van der Waals surface area (Å²) in [5.41, 5.74) is 2.08. The largest absolute Gasteiger partial charge is 0.369 e. The van der Waals surface area contributed by atoms with Crippen molar-refractivity contribution in [2.45, 2.75) is 13.0 Å². The Morgan fingerprint density at radius 1 is 1.53 bits per heavy atom. The molecule has 1 aliphatic heterocycles. The maximum absolute atomic E-state index is 11.7. The van der Waals surface area contributed by atoms with Gasteiger partial charge in [-0.3, -0.25) is 14.7 Å². The van der Waals surface area contributed by atoms with Gasteiger partial charge in [0.05, 0.1) is 18.8 Å². The smallest absolute Gasteiger partial charge is 0.236 e. The third-order valence-electron chi connectivity index (χ3n) is 3.27. The molecule has 1 aromatic heterocycles. The van der Waals surface area contributed by atoms with Gasteiger partial charge in [0.1, 0.15) is 6.10 Å². The fourth-order valence-corrected chi connectivity index (χ4v) is 2.03. The van der Waals surface area contributed by atoms with Gasteiger partial charge in [-0.25, -0.2) is 0 Å². The highest BCUT2D eigenvalue weighted by molar-refractivity contribution is 5.77. The quantitative estimate of drug-likeness (QED) is 0.811. The first kappa shape index (κ1) is 14.0. The molecule has 1 amide bonds. The van der Waals surface area contributed by atoms with Gasteiger partial charge in [0.15, 0.2) is 0 Å². The summed E-state index contributed by atoms with van der Waals surface area (Å²) in [6.45, 7) is 4.61. The van der Waals surface area contributed by atoms with Crippen molar-refractivity contribution in [3.8, 4) is 0 Å². The van der Waals surface area contributed by atoms with E-state index in [9.17, 15) is 4.79 Å². The van der Waals surface area contributed by atoms with Crippen molar-refractivity contribution in [1.29, 1.82) is 0 Å². The van der Waals surface area contributed by atoms with Gasteiger partial charge < -0.3 is 9.64 Å². The molecule has 19 heavy (non-hydrogen) atoms. The molecular weight excluding hydrogens is 242 g/mol. The van der Waals surface area contributed by atoms with Crippen LogP contribution in [0.3, 0.4) is 0 Å². The van der Waals surface area contributed by atoms with Crippen molar-refractivity contribution < 1.29 is 9.53 Å². The van der Waals surface area contributed by atoms with Crippen LogP contribution < -0.4 is 0 Å². The zero-order valence-corrected chi connectivity index (χ0v) is 11.8. The molecule has 0 N–H and O–H groups in total. The van der Waals surface area contributed by atoms with E-state index in [4.69, 9.17) is 4.74 Å². The Hall–Kier alpha value is -1.46. The molecule has 5 heteroatoms. The van der Waals surface area contributed by atoms with Crippen molar-refractivity contribution in [2.75, 3.05) is 40.3 Å². The molecule has 2 rings (SSSR count). The van der Waals surface area contributed by atoms with Gasteiger partial charge in [-0.2, -0.15) is 0 Å². The minimum Gasteiger partial charge on any atom is -0.369 e. The summed E-state index contributed by atoms with van der Waals surface area (Å²) < 4.78 is 5.75. The number of likely N-dealkylation sites (N-methyl/N-ethyl adjacent to an activating group) is 1. The predicted molar refractivity (Wildman–Crippen MR) is 72.8 cm³/mol. The van der Waals surface area contributed by atoms with Crippen LogP contribution in [0.4, 0.5) is 0 Å². The Kier molecular flexibility index (Phi) is 4.50. The number of morpholine rings is 1. The zero-order valence-electron chi connectivity index (χ0n) is 11.8. The monoisotopic (exact) mass is 263 g/mol. The Morgan fingerprint density at radius 3 is 2.95 bits per heavy atom. The normalized spacial score (nSPS) is 20.3. The van der Waals surface area contributed by atoms with E-state index in [1.807, 2.05) is 25.3 Å². The van der Waals surface area contributed by atoms with E-state index in [1.165, 1.54) is 0 Å². The van der Waals surface area contributed by atoms with Gasteiger partial charge in [-0.15, -0.1) is 0 Å². The summed E-state index contributed by atoms with van der Waals surface area (Å²) in [7, 11) is 3.56. The van der Waals surface area contributed by atoms with Crippen LogP contribution in [-0.4, -0.2) is 61.0 Å². The molecule has 0 saturated carbocycles. The van der Waals surface area contributed by atoms with Crippen LogP contribution in [0.1, 0.15) is 17.4 Å². The number of carbonyl (C=O) groups is 1. The lowest BCUT2D eigenvalue weighted by Gasteiger charge is -2.32. The van der Waals surface area contributed by atoms with E-state index in [0.717, 1.165) is 24.3 Å². The van der Waals surface area contributed by atoms with Gasteiger partial charge in [-0.1, -0.05) is 6.07 Å². The maximum atomic E-state index is 11.7. The third kappa shape index (κ3) is 3.75. The first-order valence-corrected chi connectivity index (χ1v) is 6.53. The number of nitrogens with zero attached hydrogens (tertiary/aromatic N) is 3. The van der Waals surface area contributed by atoms with E-state index < -0.39 is 0 Å². The highest BCUT2D eigenvalue weighted by Gasteiger charge is 2.24. The molecule has 0 aromatic carbocycles. The Balaban J connectivity index is 1.97. The lowest BCUT2D eigenvalue weighted by molar-refractivity contribution is -0.132. The number of hydrogen-bond acceptors (Lipinski definition) is 4. The van der Waals surface area contributed by atoms with Crippen LogP contribution in [0.2, 0.25) is 0 Å². The first-order chi connectivity index (χ1) is 9.06. The SMILES string of the molecule is Cc1ccc(C2CN(CC(=O)N(C)C)CCO2)nc1. The van der Waals surface area contributed by atoms with E-state index in [-0.39, 0.29) is 12.0 Å². The molecule has 5 nitrogen and oxygen atoms in total. The fourth-order valence-electron chi connectivity index (χ4n) is 2.03. The number of rotatable bonds is 3. The lowest BCUT2D eigenvalue weighted by Crippen LogP contribution is -2.44. The van der Waals surface area contributed by atoms with Gasteiger partial charge in [0, 0.05) is 33.4 Å². The average Bonchev–Trinajstić information content (AvgIpc) is 2.39. The molecule has 1 aliphatic rings. The maximum Gasteiger partial charge on any atom is 0.236 e. The minimum atomic E-state index is -0.0377. The molecule has 0 spiro atoms. The summed E-state index contributed by atoms with van der Waals surface area (Å²) >= 11 is 0. The second-order valence-corrected chi connectivity index (χ2v) is 5.14. The standard InChI is InChI=1S/C14H21N3O2/c1-11-4-5-12(15-8-11)13-9-17(6-7-19-13)10-14(18)16(2)3/h4-5,8,13H,6-7,9-10H2,1-3H3. The Morgan fingerprint density at radius 2 is 2.32 bits per heavy atom. The molecule has 2 heterocycles. The molecule has 1 fully saturated rings. The number of pyridine rings is 1. The van der Waals surface area contributed by atoms with Gasteiger partial charge in [-0.05, 0) is 18.6 Å². The molecule has 0 radical (unpaired) electrons. The number of carbonyl (C=O) groups excluding carboxylic acids is 1. The molecule has 1 unspecified atom stereocenters. The van der Waals surface area contributed by atoms with Crippen LogP contribution in [0.15, 0.2) is 18.3 Å². The van der Waals surface area contributed by atoms with Gasteiger partial charge >= 0.3 is 0 Å². The van der Waals surface area contributed by atoms with Gasteiger partial charge in [0.25, 0.3) is 0 Å². The number of aryl methyl sites for hydroxylation is 1. The summed E-state index contributed by atoms with van der Waals surface area (Å²) in [6.07, 6.45) is 1.81.